The number of halogens is 1. The molecule has 4 aromatic rings. The predicted octanol–water partition coefficient (Wildman–Crippen LogP) is 5.64. The van der Waals surface area contributed by atoms with Crippen LogP contribution in [0, 0.1) is 5.92 Å². The molecule has 7 heteroatoms. The molecule has 0 spiro atoms. The maximum Gasteiger partial charge on any atom is 0.211 e. The van der Waals surface area contributed by atoms with E-state index in [9.17, 15) is 4.79 Å². The van der Waals surface area contributed by atoms with Crippen LogP contribution in [0.4, 0.5) is 11.5 Å². The molecular formula is C21H17ClN4OS. The van der Waals surface area contributed by atoms with Crippen LogP contribution in [0.3, 0.4) is 0 Å². The molecule has 0 amide bonds. The number of benzene rings is 2. The van der Waals surface area contributed by atoms with Crippen molar-refractivity contribution in [2.45, 2.75) is 19.8 Å². The molecule has 0 bridgehead atoms. The van der Waals surface area contributed by atoms with Gasteiger partial charge in [0, 0.05) is 17.1 Å². The van der Waals surface area contributed by atoms with Crippen LogP contribution in [0.1, 0.15) is 29.4 Å². The van der Waals surface area contributed by atoms with Crippen LogP contribution in [0.25, 0.3) is 15.3 Å². The zero-order valence-electron chi connectivity index (χ0n) is 15.1. The van der Waals surface area contributed by atoms with E-state index in [2.05, 4.69) is 12.2 Å². The molecule has 0 saturated carbocycles. The predicted molar refractivity (Wildman–Crippen MR) is 113 cm³/mol. The Morgan fingerprint density at radius 2 is 1.93 bits per heavy atom. The summed E-state index contributed by atoms with van der Waals surface area (Å²) in [6, 6.07) is 15.4. The monoisotopic (exact) mass is 408 g/mol. The van der Waals surface area contributed by atoms with Crippen molar-refractivity contribution < 1.29 is 4.79 Å². The Labute approximate surface area is 171 Å². The van der Waals surface area contributed by atoms with Gasteiger partial charge in [-0.15, -0.1) is 5.10 Å². The van der Waals surface area contributed by atoms with Crippen molar-refractivity contribution in [2.24, 2.45) is 5.92 Å². The summed E-state index contributed by atoms with van der Waals surface area (Å²) in [5.41, 5.74) is 3.38. The molecular weight excluding hydrogens is 392 g/mol. The zero-order valence-corrected chi connectivity index (χ0v) is 16.7. The smallest absolute Gasteiger partial charge is 0.211 e. The molecule has 1 aliphatic carbocycles. The van der Waals surface area contributed by atoms with Crippen LogP contribution < -0.4 is 5.32 Å². The molecule has 1 N–H and O–H groups in total. The summed E-state index contributed by atoms with van der Waals surface area (Å²) < 4.78 is 2.94. The van der Waals surface area contributed by atoms with Crippen LogP contribution in [0.2, 0.25) is 5.02 Å². The second-order valence-corrected chi connectivity index (χ2v) is 8.56. The number of anilines is 2. The fourth-order valence-electron chi connectivity index (χ4n) is 3.62. The van der Waals surface area contributed by atoms with Crippen molar-refractivity contribution in [3.63, 3.8) is 0 Å². The molecule has 0 fully saturated rings. The summed E-state index contributed by atoms with van der Waals surface area (Å²) in [5.74, 6) is 0.985. The first-order valence-electron chi connectivity index (χ1n) is 9.12. The lowest BCUT2D eigenvalue weighted by molar-refractivity contribution is 0.0953. The van der Waals surface area contributed by atoms with Crippen molar-refractivity contribution in [3.8, 4) is 5.13 Å². The minimum Gasteiger partial charge on any atom is -0.338 e. The molecule has 0 unspecified atom stereocenters. The summed E-state index contributed by atoms with van der Waals surface area (Å²) in [4.78, 5) is 17.6. The van der Waals surface area contributed by atoms with Gasteiger partial charge in [0.1, 0.15) is 0 Å². The number of para-hydroxylation sites is 1. The van der Waals surface area contributed by atoms with Gasteiger partial charge < -0.3 is 5.32 Å². The van der Waals surface area contributed by atoms with E-state index in [1.807, 2.05) is 53.2 Å². The Bertz CT molecular complexity index is 1160. The number of nitrogens with one attached hydrogen (secondary N) is 1. The van der Waals surface area contributed by atoms with Crippen LogP contribution in [-0.2, 0) is 6.42 Å². The minimum atomic E-state index is 0.123. The molecule has 0 radical (unpaired) electrons. The topological polar surface area (TPSA) is 59.8 Å². The van der Waals surface area contributed by atoms with Crippen molar-refractivity contribution in [3.05, 3.63) is 64.8 Å². The number of thiazole rings is 1. The van der Waals surface area contributed by atoms with E-state index in [1.54, 1.807) is 11.3 Å². The summed E-state index contributed by atoms with van der Waals surface area (Å²) in [6.45, 7) is 2.10. The van der Waals surface area contributed by atoms with Gasteiger partial charge in [-0.2, -0.15) is 0 Å². The van der Waals surface area contributed by atoms with E-state index in [4.69, 9.17) is 21.7 Å². The number of fused-ring (bicyclic) bond motifs is 2. The van der Waals surface area contributed by atoms with E-state index >= 15 is 0 Å². The number of hydrogen-bond acceptors (Lipinski definition) is 5. The van der Waals surface area contributed by atoms with Gasteiger partial charge in [-0.1, -0.05) is 42.0 Å². The summed E-state index contributed by atoms with van der Waals surface area (Å²) >= 11 is 7.56. The number of carbonyl (C=O) groups is 1. The Morgan fingerprint density at radius 1 is 1.14 bits per heavy atom. The average molecular weight is 409 g/mol. The van der Waals surface area contributed by atoms with Crippen molar-refractivity contribution in [1.82, 2.24) is 14.8 Å². The van der Waals surface area contributed by atoms with Crippen LogP contribution in [0.15, 0.2) is 48.5 Å². The lowest BCUT2D eigenvalue weighted by atomic mass is 9.88. The second-order valence-electron chi connectivity index (χ2n) is 7.11. The molecule has 2 heterocycles. The molecule has 28 heavy (non-hydrogen) atoms. The molecule has 0 aliphatic heterocycles. The summed E-state index contributed by atoms with van der Waals surface area (Å²) in [7, 11) is 0. The van der Waals surface area contributed by atoms with Gasteiger partial charge in [0.25, 0.3) is 0 Å². The minimum absolute atomic E-state index is 0.123. The summed E-state index contributed by atoms with van der Waals surface area (Å²) in [5, 5.41) is 9.50. The molecule has 140 valence electrons. The van der Waals surface area contributed by atoms with Crippen molar-refractivity contribution in [1.29, 1.82) is 0 Å². The number of rotatable bonds is 3. The molecule has 1 atom stereocenters. The third-order valence-corrected chi connectivity index (χ3v) is 6.17. The van der Waals surface area contributed by atoms with E-state index in [0.717, 1.165) is 33.2 Å². The Balaban J connectivity index is 1.64. The van der Waals surface area contributed by atoms with E-state index in [1.165, 1.54) is 0 Å². The van der Waals surface area contributed by atoms with E-state index in [0.29, 0.717) is 22.8 Å². The van der Waals surface area contributed by atoms with Crippen molar-refractivity contribution >= 4 is 50.4 Å². The normalized spacial score (nSPS) is 16.4. The van der Waals surface area contributed by atoms with Gasteiger partial charge in [-0.05, 0) is 48.7 Å². The van der Waals surface area contributed by atoms with E-state index < -0.39 is 0 Å². The standard InChI is InChI=1S/C21H17ClN4OS/c1-12-10-16-19(17(27)11-12)20(23-14-8-6-13(22)7-9-14)25-26(16)21-24-15-4-2-3-5-18(15)28-21/h2-9,12H,10-11H2,1H3,(H,23,25)/t12-/m0/s1. The fourth-order valence-corrected chi connectivity index (χ4v) is 4.69. The molecule has 2 aromatic heterocycles. The van der Waals surface area contributed by atoms with Crippen LogP contribution in [-0.4, -0.2) is 20.5 Å². The Hall–Kier alpha value is -2.70. The highest BCUT2D eigenvalue weighted by atomic mass is 35.5. The molecule has 5 nitrogen and oxygen atoms in total. The molecule has 1 aliphatic rings. The average Bonchev–Trinajstić information content (AvgIpc) is 3.25. The number of nitrogens with zero attached hydrogens (tertiary/aromatic N) is 3. The Morgan fingerprint density at radius 3 is 2.71 bits per heavy atom. The van der Waals surface area contributed by atoms with Gasteiger partial charge in [0.05, 0.1) is 21.5 Å². The van der Waals surface area contributed by atoms with Gasteiger partial charge in [-0.25, -0.2) is 9.67 Å². The molecule has 2 aromatic carbocycles. The van der Waals surface area contributed by atoms with Crippen molar-refractivity contribution in [2.75, 3.05) is 5.32 Å². The Kier molecular flexibility index (Phi) is 4.18. The first-order chi connectivity index (χ1) is 13.6. The number of aromatic nitrogens is 3. The lowest BCUT2D eigenvalue weighted by Gasteiger charge is -2.18. The van der Waals surface area contributed by atoms with Crippen LogP contribution >= 0.6 is 22.9 Å². The third-order valence-electron chi connectivity index (χ3n) is 4.91. The number of Topliss-reactive ketones (excluding diaryl/α,β-unsaturated/α-hetero) is 1. The third kappa shape index (κ3) is 2.99. The first kappa shape index (κ1) is 17.4. The van der Waals surface area contributed by atoms with Gasteiger partial charge >= 0.3 is 0 Å². The summed E-state index contributed by atoms with van der Waals surface area (Å²) in [6.07, 6.45) is 1.33. The maximum atomic E-state index is 12.8. The van der Waals surface area contributed by atoms with Crippen LogP contribution in [0.5, 0.6) is 0 Å². The first-order valence-corrected chi connectivity index (χ1v) is 10.3. The molecule has 0 saturated heterocycles. The largest absolute Gasteiger partial charge is 0.338 e. The SMILES string of the molecule is C[C@@H]1CC(=O)c2c(Nc3ccc(Cl)cc3)nn(-c3nc4ccccc4s3)c2C1. The molecule has 5 rings (SSSR count). The highest BCUT2D eigenvalue weighted by Gasteiger charge is 2.31. The highest BCUT2D eigenvalue weighted by molar-refractivity contribution is 7.20. The van der Waals surface area contributed by atoms with Gasteiger partial charge in [0.2, 0.25) is 5.13 Å². The number of ketones is 1. The van der Waals surface area contributed by atoms with E-state index in [-0.39, 0.29) is 11.7 Å². The second kappa shape index (κ2) is 6.72. The maximum absolute atomic E-state index is 12.8. The number of carbonyl (C=O) groups excluding carboxylic acids is 1. The fraction of sp³-hybridized carbons (Fsp3) is 0.190. The highest BCUT2D eigenvalue weighted by Crippen LogP contribution is 2.35. The van der Waals surface area contributed by atoms with Gasteiger partial charge in [-0.3, -0.25) is 4.79 Å². The zero-order chi connectivity index (χ0) is 19.3. The quantitative estimate of drug-likeness (QED) is 0.476. The van der Waals surface area contributed by atoms with Gasteiger partial charge in [0.15, 0.2) is 11.6 Å². The lowest BCUT2D eigenvalue weighted by Crippen LogP contribution is -2.19. The number of hydrogen-bond donors (Lipinski definition) is 1.